The fourth-order valence-electron chi connectivity index (χ4n) is 2.32. The number of hydrogen-bond acceptors (Lipinski definition) is 3. The number of pyridine rings is 1. The second-order valence-corrected chi connectivity index (χ2v) is 5.21. The molecule has 0 saturated heterocycles. The van der Waals surface area contributed by atoms with E-state index in [2.05, 4.69) is 28.9 Å². The summed E-state index contributed by atoms with van der Waals surface area (Å²) in [6.07, 6.45) is 1.82. The van der Waals surface area contributed by atoms with E-state index < -0.39 is 0 Å². The molecule has 2 rings (SSSR count). The summed E-state index contributed by atoms with van der Waals surface area (Å²) in [7, 11) is 0. The molecule has 2 heterocycles. The first-order valence-electron chi connectivity index (χ1n) is 7.58. The smallest absolute Gasteiger partial charge is 0.191 e. The van der Waals surface area contributed by atoms with E-state index in [0.29, 0.717) is 12.5 Å². The number of nitrogens with zero attached hydrogens (tertiary/aromatic N) is 5. The normalized spacial score (nSPS) is 11.7. The van der Waals surface area contributed by atoms with E-state index in [1.807, 2.05) is 47.8 Å². The molecule has 0 unspecified atom stereocenters. The molecule has 0 aliphatic rings. The summed E-state index contributed by atoms with van der Waals surface area (Å²) < 4.78 is 1.84. The second kappa shape index (κ2) is 7.06. The SMILES string of the molecule is CCN(CC)C(N)=NCc1ccc(-n2nc(C)cc2C)nc1. The van der Waals surface area contributed by atoms with Crippen LogP contribution in [0.5, 0.6) is 0 Å². The molecule has 2 aromatic heterocycles. The number of aryl methyl sites for hydroxylation is 2. The van der Waals surface area contributed by atoms with Gasteiger partial charge in [0.25, 0.3) is 0 Å². The molecule has 0 atom stereocenters. The molecule has 0 radical (unpaired) electrons. The largest absolute Gasteiger partial charge is 0.370 e. The van der Waals surface area contributed by atoms with Gasteiger partial charge in [-0.2, -0.15) is 5.10 Å². The number of aromatic nitrogens is 3. The Morgan fingerprint density at radius 1 is 1.27 bits per heavy atom. The third-order valence-electron chi connectivity index (χ3n) is 3.55. The molecule has 0 amide bonds. The van der Waals surface area contributed by atoms with E-state index in [0.717, 1.165) is 35.9 Å². The zero-order valence-corrected chi connectivity index (χ0v) is 13.7. The Balaban J connectivity index is 2.09. The molecule has 0 spiro atoms. The lowest BCUT2D eigenvalue weighted by atomic mass is 10.3. The van der Waals surface area contributed by atoms with Gasteiger partial charge in [0, 0.05) is 25.0 Å². The third kappa shape index (κ3) is 3.63. The van der Waals surface area contributed by atoms with Gasteiger partial charge >= 0.3 is 0 Å². The predicted octanol–water partition coefficient (Wildman–Crippen LogP) is 2.04. The summed E-state index contributed by atoms with van der Waals surface area (Å²) in [5, 5.41) is 4.43. The molecule has 0 fully saturated rings. The monoisotopic (exact) mass is 300 g/mol. The molecule has 6 heteroatoms. The molecule has 0 aliphatic heterocycles. The van der Waals surface area contributed by atoms with Crippen LogP contribution in [0, 0.1) is 13.8 Å². The minimum Gasteiger partial charge on any atom is -0.370 e. The number of rotatable bonds is 5. The molecule has 0 saturated carbocycles. The van der Waals surface area contributed by atoms with E-state index in [4.69, 9.17) is 5.73 Å². The van der Waals surface area contributed by atoms with Crippen LogP contribution in [0.4, 0.5) is 0 Å². The Bertz CT molecular complexity index is 637. The number of guanidine groups is 1. The van der Waals surface area contributed by atoms with Gasteiger partial charge in [0.1, 0.15) is 0 Å². The Morgan fingerprint density at radius 3 is 2.50 bits per heavy atom. The van der Waals surface area contributed by atoms with Gasteiger partial charge in [0.2, 0.25) is 0 Å². The molecule has 2 aromatic rings. The van der Waals surface area contributed by atoms with E-state index in [9.17, 15) is 0 Å². The topological polar surface area (TPSA) is 72.3 Å². The van der Waals surface area contributed by atoms with E-state index >= 15 is 0 Å². The van der Waals surface area contributed by atoms with Gasteiger partial charge in [0.15, 0.2) is 11.8 Å². The van der Waals surface area contributed by atoms with Crippen molar-refractivity contribution in [3.63, 3.8) is 0 Å². The average molecular weight is 300 g/mol. The summed E-state index contributed by atoms with van der Waals surface area (Å²) in [5.74, 6) is 1.39. The first-order chi connectivity index (χ1) is 10.5. The lowest BCUT2D eigenvalue weighted by Crippen LogP contribution is -2.37. The Morgan fingerprint density at radius 2 is 2.00 bits per heavy atom. The van der Waals surface area contributed by atoms with Gasteiger partial charge in [-0.15, -0.1) is 0 Å². The highest BCUT2D eigenvalue weighted by atomic mass is 15.3. The minimum atomic E-state index is 0.534. The predicted molar refractivity (Wildman–Crippen MR) is 89.1 cm³/mol. The molecule has 2 N–H and O–H groups in total. The van der Waals surface area contributed by atoms with Crippen molar-refractivity contribution in [2.75, 3.05) is 13.1 Å². The van der Waals surface area contributed by atoms with Gasteiger partial charge < -0.3 is 10.6 Å². The van der Waals surface area contributed by atoms with E-state index in [1.54, 1.807) is 0 Å². The van der Waals surface area contributed by atoms with Crippen molar-refractivity contribution < 1.29 is 0 Å². The summed E-state index contributed by atoms with van der Waals surface area (Å²) in [5.41, 5.74) is 9.06. The zero-order chi connectivity index (χ0) is 16.1. The van der Waals surface area contributed by atoms with Crippen molar-refractivity contribution in [3.8, 4) is 5.82 Å². The highest BCUT2D eigenvalue weighted by Crippen LogP contribution is 2.10. The Labute approximate surface area is 131 Å². The molecular formula is C16H24N6. The summed E-state index contributed by atoms with van der Waals surface area (Å²) in [4.78, 5) is 10.9. The van der Waals surface area contributed by atoms with Crippen LogP contribution in [0.15, 0.2) is 29.4 Å². The van der Waals surface area contributed by atoms with Crippen molar-refractivity contribution in [2.24, 2.45) is 10.7 Å². The van der Waals surface area contributed by atoms with Gasteiger partial charge in [0.05, 0.1) is 12.2 Å². The van der Waals surface area contributed by atoms with Crippen molar-refractivity contribution in [2.45, 2.75) is 34.2 Å². The molecule has 22 heavy (non-hydrogen) atoms. The van der Waals surface area contributed by atoms with E-state index in [-0.39, 0.29) is 0 Å². The maximum absolute atomic E-state index is 5.97. The highest BCUT2D eigenvalue weighted by molar-refractivity contribution is 5.77. The molecule has 0 aliphatic carbocycles. The van der Waals surface area contributed by atoms with Crippen LogP contribution in [0.3, 0.4) is 0 Å². The van der Waals surface area contributed by atoms with Crippen LogP contribution < -0.4 is 5.73 Å². The van der Waals surface area contributed by atoms with Crippen LogP contribution in [-0.4, -0.2) is 38.7 Å². The standard InChI is InChI=1S/C16H24N6/c1-5-21(6-2)16(17)19-11-14-7-8-15(18-10-14)22-13(4)9-12(3)20-22/h7-10H,5-6,11H2,1-4H3,(H2,17,19). The molecule has 6 nitrogen and oxygen atoms in total. The lowest BCUT2D eigenvalue weighted by molar-refractivity contribution is 0.458. The number of nitrogens with two attached hydrogens (primary N) is 1. The van der Waals surface area contributed by atoms with Crippen LogP contribution in [0.25, 0.3) is 5.82 Å². The second-order valence-electron chi connectivity index (χ2n) is 5.21. The van der Waals surface area contributed by atoms with Gasteiger partial charge in [-0.25, -0.2) is 14.7 Å². The van der Waals surface area contributed by atoms with Crippen LogP contribution in [-0.2, 0) is 6.54 Å². The first kappa shape index (κ1) is 16.0. The number of hydrogen-bond donors (Lipinski definition) is 1. The average Bonchev–Trinajstić information content (AvgIpc) is 2.85. The Hall–Kier alpha value is -2.37. The first-order valence-corrected chi connectivity index (χ1v) is 7.58. The van der Waals surface area contributed by atoms with Crippen molar-refractivity contribution in [1.82, 2.24) is 19.7 Å². The molecular weight excluding hydrogens is 276 g/mol. The highest BCUT2D eigenvalue weighted by Gasteiger charge is 2.05. The summed E-state index contributed by atoms with van der Waals surface area (Å²) in [6.45, 7) is 10.4. The maximum Gasteiger partial charge on any atom is 0.191 e. The molecule has 0 aromatic carbocycles. The number of aliphatic imine (C=N–C) groups is 1. The maximum atomic E-state index is 5.97. The fourth-order valence-corrected chi connectivity index (χ4v) is 2.32. The van der Waals surface area contributed by atoms with Gasteiger partial charge in [-0.05, 0) is 45.4 Å². The van der Waals surface area contributed by atoms with Crippen molar-refractivity contribution in [1.29, 1.82) is 0 Å². The Kier molecular flexibility index (Phi) is 5.14. The van der Waals surface area contributed by atoms with Crippen LogP contribution >= 0.6 is 0 Å². The van der Waals surface area contributed by atoms with Crippen molar-refractivity contribution >= 4 is 5.96 Å². The zero-order valence-electron chi connectivity index (χ0n) is 13.7. The van der Waals surface area contributed by atoms with Crippen LogP contribution in [0.2, 0.25) is 0 Å². The lowest BCUT2D eigenvalue weighted by Gasteiger charge is -2.19. The fraction of sp³-hybridized carbons (Fsp3) is 0.438. The molecule has 0 bridgehead atoms. The van der Waals surface area contributed by atoms with E-state index in [1.165, 1.54) is 0 Å². The summed E-state index contributed by atoms with van der Waals surface area (Å²) in [6, 6.07) is 6.00. The molecule has 118 valence electrons. The van der Waals surface area contributed by atoms with Crippen molar-refractivity contribution in [3.05, 3.63) is 41.3 Å². The van der Waals surface area contributed by atoms with Gasteiger partial charge in [-0.1, -0.05) is 6.07 Å². The third-order valence-corrected chi connectivity index (χ3v) is 3.55. The minimum absolute atomic E-state index is 0.534. The van der Waals surface area contributed by atoms with Gasteiger partial charge in [-0.3, -0.25) is 0 Å². The quantitative estimate of drug-likeness (QED) is 0.677. The summed E-state index contributed by atoms with van der Waals surface area (Å²) >= 11 is 0. The van der Waals surface area contributed by atoms with Crippen LogP contribution in [0.1, 0.15) is 30.8 Å².